The molecule has 0 spiro atoms. The molecule has 2 saturated heterocycles. The molecule has 8 heteroatoms. The Hall–Kier alpha value is -1.93. The zero-order chi connectivity index (χ0) is 18.3. The number of hydrogen-bond acceptors (Lipinski definition) is 5. The maximum Gasteiger partial charge on any atom is 0.310 e. The van der Waals surface area contributed by atoms with Crippen LogP contribution in [-0.2, 0) is 14.3 Å². The van der Waals surface area contributed by atoms with Crippen molar-refractivity contribution >= 4 is 34.1 Å². The minimum atomic E-state index is -0.997. The highest BCUT2D eigenvalue weighted by Crippen LogP contribution is 2.44. The molecule has 3 heterocycles. The van der Waals surface area contributed by atoms with Gasteiger partial charge in [-0.25, -0.2) is 0 Å². The highest BCUT2D eigenvalue weighted by molar-refractivity contribution is 7.14. The summed E-state index contributed by atoms with van der Waals surface area (Å²) >= 11 is 1.27. The van der Waals surface area contributed by atoms with Crippen molar-refractivity contribution in [2.75, 3.05) is 5.32 Å². The predicted molar refractivity (Wildman–Crippen MR) is 95.2 cm³/mol. The van der Waals surface area contributed by atoms with Crippen LogP contribution >= 0.6 is 11.3 Å². The smallest absolute Gasteiger partial charge is 0.310 e. The van der Waals surface area contributed by atoms with E-state index >= 15 is 0 Å². The van der Waals surface area contributed by atoms with Crippen LogP contribution in [0.3, 0.4) is 0 Å². The van der Waals surface area contributed by atoms with Gasteiger partial charge in [-0.05, 0) is 37.1 Å². The molecule has 140 valence electrons. The Kier molecular flexibility index (Phi) is 4.71. The average Bonchev–Trinajstić information content (AvgIpc) is 3.37. The maximum absolute atomic E-state index is 12.8. The maximum atomic E-state index is 12.8. The number of aliphatic carboxylic acids is 1. The van der Waals surface area contributed by atoms with Crippen molar-refractivity contribution in [2.45, 2.75) is 56.8 Å². The Morgan fingerprint density at radius 1 is 1.08 bits per heavy atom. The summed E-state index contributed by atoms with van der Waals surface area (Å²) < 4.78 is 5.65. The molecule has 0 radical (unpaired) electrons. The van der Waals surface area contributed by atoms with Gasteiger partial charge in [-0.15, -0.1) is 11.3 Å². The number of rotatable bonds is 5. The minimum Gasteiger partial charge on any atom is -0.481 e. The van der Waals surface area contributed by atoms with Gasteiger partial charge < -0.3 is 20.5 Å². The lowest BCUT2D eigenvalue weighted by Gasteiger charge is -2.23. The van der Waals surface area contributed by atoms with Crippen LogP contribution in [-0.4, -0.2) is 41.1 Å². The van der Waals surface area contributed by atoms with Gasteiger partial charge in [-0.1, -0.05) is 12.8 Å². The molecule has 0 unspecified atom stereocenters. The van der Waals surface area contributed by atoms with Crippen LogP contribution in [0.15, 0.2) is 11.4 Å². The van der Waals surface area contributed by atoms with E-state index in [2.05, 4.69) is 10.6 Å². The molecule has 0 aromatic carbocycles. The molecule has 7 nitrogen and oxygen atoms in total. The van der Waals surface area contributed by atoms with Crippen LogP contribution in [0, 0.1) is 11.8 Å². The van der Waals surface area contributed by atoms with E-state index in [1.165, 1.54) is 11.3 Å². The van der Waals surface area contributed by atoms with Gasteiger partial charge in [-0.3, -0.25) is 14.4 Å². The summed E-state index contributed by atoms with van der Waals surface area (Å²) in [6, 6.07) is 1.89. The van der Waals surface area contributed by atoms with Gasteiger partial charge >= 0.3 is 5.97 Å². The molecule has 3 fully saturated rings. The van der Waals surface area contributed by atoms with Gasteiger partial charge in [0.25, 0.3) is 5.91 Å². The Balaban J connectivity index is 1.46. The van der Waals surface area contributed by atoms with Crippen LogP contribution in [0.5, 0.6) is 0 Å². The van der Waals surface area contributed by atoms with Gasteiger partial charge in [0.05, 0.1) is 29.6 Å². The van der Waals surface area contributed by atoms with E-state index in [1.54, 1.807) is 11.4 Å². The van der Waals surface area contributed by atoms with Crippen molar-refractivity contribution in [2.24, 2.45) is 11.8 Å². The van der Waals surface area contributed by atoms with E-state index in [1.807, 2.05) is 0 Å². The standard InChI is InChI=1S/C18H22N2O5S/c21-15(19-9-3-1-2-4-9)10-7-8-26-17(10)20-16(22)13-11-5-6-12(25-11)14(13)18(23)24/h7-9,11-14H,1-6H2,(H,19,21)(H,20,22)(H,23,24)/t11-,12+,13+,14-/m1/s1. The highest BCUT2D eigenvalue weighted by Gasteiger charge is 2.55. The monoisotopic (exact) mass is 378 g/mol. The molecule has 1 saturated carbocycles. The van der Waals surface area contributed by atoms with Crippen LogP contribution in [0.4, 0.5) is 5.00 Å². The van der Waals surface area contributed by atoms with Gasteiger partial charge in [0.15, 0.2) is 0 Å². The number of fused-ring (bicyclic) bond motifs is 2. The fourth-order valence-electron chi connectivity index (χ4n) is 4.44. The zero-order valence-corrected chi connectivity index (χ0v) is 15.1. The third kappa shape index (κ3) is 3.12. The lowest BCUT2D eigenvalue weighted by atomic mass is 9.79. The SMILES string of the molecule is O=C(NC1CCCC1)c1ccsc1NC(=O)[C@@H]1[C@H](C(=O)O)[C@@H]2CC[C@H]1O2. The summed E-state index contributed by atoms with van der Waals surface area (Å²) in [6.45, 7) is 0. The first-order chi connectivity index (χ1) is 12.5. The van der Waals surface area contributed by atoms with E-state index < -0.39 is 17.8 Å². The van der Waals surface area contributed by atoms with Crippen LogP contribution < -0.4 is 10.6 Å². The van der Waals surface area contributed by atoms with E-state index in [0.717, 1.165) is 25.7 Å². The molecule has 2 amide bonds. The summed E-state index contributed by atoms with van der Waals surface area (Å²) in [6.07, 6.45) is 4.86. The number of carbonyl (C=O) groups excluding carboxylic acids is 2. The lowest BCUT2D eigenvalue weighted by molar-refractivity contribution is -0.147. The first kappa shape index (κ1) is 17.5. The number of hydrogen-bond donors (Lipinski definition) is 3. The first-order valence-corrected chi connectivity index (χ1v) is 10.00. The molecule has 2 bridgehead atoms. The highest BCUT2D eigenvalue weighted by atomic mass is 32.1. The molecule has 4 rings (SSSR count). The van der Waals surface area contributed by atoms with E-state index in [-0.39, 0.29) is 30.1 Å². The number of carbonyl (C=O) groups is 3. The van der Waals surface area contributed by atoms with Gasteiger partial charge in [-0.2, -0.15) is 0 Å². The average molecular weight is 378 g/mol. The number of thiophene rings is 1. The third-order valence-corrected chi connectivity index (χ3v) is 6.53. The minimum absolute atomic E-state index is 0.188. The van der Waals surface area contributed by atoms with Crippen molar-refractivity contribution in [1.29, 1.82) is 0 Å². The van der Waals surface area contributed by atoms with Gasteiger partial charge in [0.1, 0.15) is 5.00 Å². The topological polar surface area (TPSA) is 105 Å². The number of ether oxygens (including phenoxy) is 1. The number of carboxylic acids is 1. The molecular formula is C18H22N2O5S. The van der Waals surface area contributed by atoms with Crippen molar-refractivity contribution < 1.29 is 24.2 Å². The molecule has 1 aliphatic carbocycles. The van der Waals surface area contributed by atoms with Crippen molar-refractivity contribution in [1.82, 2.24) is 5.32 Å². The zero-order valence-electron chi connectivity index (χ0n) is 14.3. The second-order valence-corrected chi connectivity index (χ2v) is 8.20. The summed E-state index contributed by atoms with van der Waals surface area (Å²) in [7, 11) is 0. The van der Waals surface area contributed by atoms with E-state index in [0.29, 0.717) is 23.4 Å². The Morgan fingerprint density at radius 2 is 1.77 bits per heavy atom. The second kappa shape index (κ2) is 7.00. The van der Waals surface area contributed by atoms with E-state index in [4.69, 9.17) is 4.74 Å². The normalized spacial score (nSPS) is 30.5. The summed E-state index contributed by atoms with van der Waals surface area (Å²) in [4.78, 5) is 36.8. The molecule has 3 N–H and O–H groups in total. The number of nitrogens with one attached hydrogen (secondary N) is 2. The van der Waals surface area contributed by atoms with Crippen molar-refractivity contribution in [3.63, 3.8) is 0 Å². The lowest BCUT2D eigenvalue weighted by Crippen LogP contribution is -2.41. The van der Waals surface area contributed by atoms with Gasteiger partial charge in [0, 0.05) is 6.04 Å². The summed E-state index contributed by atoms with van der Waals surface area (Å²) in [5.41, 5.74) is 0.436. The Bertz CT molecular complexity index is 727. The molecule has 1 aromatic rings. The number of anilines is 1. The van der Waals surface area contributed by atoms with Gasteiger partial charge in [0.2, 0.25) is 5.91 Å². The molecule has 1 aromatic heterocycles. The second-order valence-electron chi connectivity index (χ2n) is 7.29. The first-order valence-electron chi connectivity index (χ1n) is 9.12. The molecule has 26 heavy (non-hydrogen) atoms. The summed E-state index contributed by atoms with van der Waals surface area (Å²) in [5.74, 6) is -3.08. The van der Waals surface area contributed by atoms with E-state index in [9.17, 15) is 19.5 Å². The largest absolute Gasteiger partial charge is 0.481 e. The summed E-state index contributed by atoms with van der Waals surface area (Å²) in [5, 5.41) is 17.5. The third-order valence-electron chi connectivity index (χ3n) is 5.70. The fourth-order valence-corrected chi connectivity index (χ4v) is 5.23. The van der Waals surface area contributed by atoms with Crippen molar-refractivity contribution in [3.8, 4) is 0 Å². The molecule has 3 aliphatic rings. The molecule has 2 aliphatic heterocycles. The van der Waals surface area contributed by atoms with Crippen molar-refractivity contribution in [3.05, 3.63) is 17.0 Å². The van der Waals surface area contributed by atoms with Crippen LogP contribution in [0.1, 0.15) is 48.9 Å². The van der Waals surface area contributed by atoms with Crippen LogP contribution in [0.2, 0.25) is 0 Å². The fraction of sp³-hybridized carbons (Fsp3) is 0.611. The molecular weight excluding hydrogens is 356 g/mol. The van der Waals surface area contributed by atoms with Crippen LogP contribution in [0.25, 0.3) is 0 Å². The number of amides is 2. The Labute approximate surface area is 155 Å². The molecule has 4 atom stereocenters. The predicted octanol–water partition coefficient (Wildman–Crippen LogP) is 2.24. The Morgan fingerprint density at radius 3 is 2.46 bits per heavy atom. The quantitative estimate of drug-likeness (QED) is 0.729. The number of carboxylic acid groups (broad SMARTS) is 1.